The third kappa shape index (κ3) is 6.54. The number of rotatable bonds is 4. The lowest BCUT2D eigenvalue weighted by molar-refractivity contribution is 0.0468. The number of nitrogens with zero attached hydrogens (tertiary/aromatic N) is 1. The van der Waals surface area contributed by atoms with E-state index in [2.05, 4.69) is 10.3 Å². The molecule has 2 rings (SSSR count). The minimum Gasteiger partial charge on any atom is -0.444 e. The summed E-state index contributed by atoms with van der Waals surface area (Å²) >= 11 is 0. The van der Waals surface area contributed by atoms with Crippen LogP contribution in [0.25, 0.3) is 10.9 Å². The second-order valence-corrected chi connectivity index (χ2v) is 7.72. The zero-order valence-electron chi connectivity index (χ0n) is 17.1. The first-order valence-corrected chi connectivity index (χ1v) is 9.21. The number of anilines is 1. The summed E-state index contributed by atoms with van der Waals surface area (Å²) in [6.07, 6.45) is 2.79. The first-order chi connectivity index (χ1) is 12.1. The summed E-state index contributed by atoms with van der Waals surface area (Å²) in [5, 5.41) is 3.99. The molecule has 3 N–H and O–H groups in total. The van der Waals surface area contributed by atoms with E-state index in [1.165, 1.54) is 0 Å². The molecular weight excluding hydrogens is 326 g/mol. The number of benzene rings is 1. The Morgan fingerprint density at radius 1 is 1.15 bits per heavy atom. The van der Waals surface area contributed by atoms with Crippen LogP contribution in [0.4, 0.5) is 10.5 Å². The highest BCUT2D eigenvalue weighted by Crippen LogP contribution is 2.25. The molecule has 2 aromatic rings. The second kappa shape index (κ2) is 8.88. The van der Waals surface area contributed by atoms with Crippen molar-refractivity contribution in [3.63, 3.8) is 0 Å². The number of nitrogen functional groups attached to an aromatic ring is 1. The molecule has 0 spiro atoms. The lowest BCUT2D eigenvalue weighted by Gasteiger charge is -2.29. The molecule has 0 saturated heterocycles. The van der Waals surface area contributed by atoms with Gasteiger partial charge in [0, 0.05) is 10.9 Å². The number of ether oxygens (including phenoxy) is 1. The molecule has 0 aliphatic rings. The molecule has 1 aromatic carbocycles. The van der Waals surface area contributed by atoms with Crippen molar-refractivity contribution >= 4 is 22.7 Å². The van der Waals surface area contributed by atoms with Gasteiger partial charge in [-0.15, -0.1) is 0 Å². The number of fused-ring (bicyclic) bond motifs is 1. The number of nitrogens with two attached hydrogens (primary N) is 1. The van der Waals surface area contributed by atoms with E-state index in [1.54, 1.807) is 6.20 Å². The van der Waals surface area contributed by atoms with E-state index in [9.17, 15) is 4.79 Å². The quantitative estimate of drug-likeness (QED) is 0.798. The van der Waals surface area contributed by atoms with Gasteiger partial charge in [-0.3, -0.25) is 4.98 Å². The fraction of sp³-hybridized carbons (Fsp3) is 0.524. The summed E-state index contributed by atoms with van der Waals surface area (Å²) in [4.78, 5) is 16.4. The number of amides is 1. The average Bonchev–Trinajstić information content (AvgIpc) is 2.53. The highest BCUT2D eigenvalue weighted by molar-refractivity contribution is 5.85. The molecule has 0 aliphatic heterocycles. The highest BCUT2D eigenvalue weighted by atomic mass is 16.6. The fourth-order valence-corrected chi connectivity index (χ4v) is 2.57. The van der Waals surface area contributed by atoms with Gasteiger partial charge in [0.15, 0.2) is 0 Å². The van der Waals surface area contributed by atoms with Gasteiger partial charge in [0.1, 0.15) is 5.60 Å². The predicted octanol–water partition coefficient (Wildman–Crippen LogP) is 5.08. The molecule has 0 bridgehead atoms. The summed E-state index contributed by atoms with van der Waals surface area (Å²) < 4.78 is 5.33. The van der Waals surface area contributed by atoms with Gasteiger partial charge in [-0.1, -0.05) is 32.0 Å². The van der Waals surface area contributed by atoms with Crippen molar-refractivity contribution in [3.05, 3.63) is 36.0 Å². The number of hydrogen-bond donors (Lipinski definition) is 2. The first-order valence-electron chi connectivity index (χ1n) is 9.21. The topological polar surface area (TPSA) is 77.2 Å². The highest BCUT2D eigenvalue weighted by Gasteiger charge is 2.25. The predicted molar refractivity (Wildman–Crippen MR) is 109 cm³/mol. The number of carbonyl (C=O) groups excluding carboxylic acids is 1. The maximum absolute atomic E-state index is 12.0. The van der Waals surface area contributed by atoms with Gasteiger partial charge < -0.3 is 15.8 Å². The van der Waals surface area contributed by atoms with Crippen LogP contribution in [0.2, 0.25) is 0 Å². The minimum atomic E-state index is -0.508. The third-order valence-electron chi connectivity index (χ3n) is 3.76. The molecule has 0 radical (unpaired) electrons. The van der Waals surface area contributed by atoms with E-state index in [1.807, 2.05) is 72.7 Å². The van der Waals surface area contributed by atoms with Gasteiger partial charge in [-0.05, 0) is 59.1 Å². The normalized spacial score (nSPS) is 11.5. The molecule has 0 unspecified atom stereocenters. The molecule has 1 aromatic heterocycles. The van der Waals surface area contributed by atoms with E-state index < -0.39 is 17.2 Å². The summed E-state index contributed by atoms with van der Waals surface area (Å²) in [5.74, 6) is 0. The van der Waals surface area contributed by atoms with Crippen molar-refractivity contribution in [1.29, 1.82) is 0 Å². The number of pyridine rings is 1. The molecule has 26 heavy (non-hydrogen) atoms. The molecule has 5 heteroatoms. The largest absolute Gasteiger partial charge is 0.444 e. The van der Waals surface area contributed by atoms with E-state index >= 15 is 0 Å². The molecule has 0 atom stereocenters. The summed E-state index contributed by atoms with van der Waals surface area (Å²) in [5.41, 5.74) is 7.90. The van der Waals surface area contributed by atoms with Crippen LogP contribution < -0.4 is 11.1 Å². The SMILES string of the molecule is CC.CC(C)(CCc1c(N)cnc2ccccc12)NC(=O)OC(C)(C)C. The molecule has 0 fully saturated rings. The Bertz CT molecular complexity index is 734. The maximum Gasteiger partial charge on any atom is 0.408 e. The Hall–Kier alpha value is -2.30. The summed E-state index contributed by atoms with van der Waals surface area (Å²) in [7, 11) is 0. The van der Waals surface area contributed by atoms with E-state index in [0.29, 0.717) is 5.69 Å². The van der Waals surface area contributed by atoms with Crippen LogP contribution >= 0.6 is 0 Å². The average molecular weight is 360 g/mol. The standard InChI is InChI=1S/C19H27N3O2.C2H6/c1-18(2,3)24-17(23)22-19(4,5)11-10-13-14-8-6-7-9-16(14)21-12-15(13)20;1-2/h6-9,12H,10-11,20H2,1-5H3,(H,22,23);1-2H3. The van der Waals surface area contributed by atoms with Crippen LogP contribution in [-0.2, 0) is 11.2 Å². The van der Waals surface area contributed by atoms with Gasteiger partial charge in [-0.25, -0.2) is 4.79 Å². The lowest BCUT2D eigenvalue weighted by Crippen LogP contribution is -2.46. The van der Waals surface area contributed by atoms with Crippen molar-refractivity contribution in [2.45, 2.75) is 72.4 Å². The van der Waals surface area contributed by atoms with Crippen molar-refractivity contribution in [2.75, 3.05) is 5.73 Å². The molecule has 1 heterocycles. The number of para-hydroxylation sites is 1. The van der Waals surface area contributed by atoms with Crippen LogP contribution in [0.3, 0.4) is 0 Å². The Labute approximate surface area is 157 Å². The molecule has 5 nitrogen and oxygen atoms in total. The van der Waals surface area contributed by atoms with Gasteiger partial charge in [0.2, 0.25) is 0 Å². The van der Waals surface area contributed by atoms with Gasteiger partial charge >= 0.3 is 6.09 Å². The molecule has 1 amide bonds. The van der Waals surface area contributed by atoms with Crippen LogP contribution in [0.1, 0.15) is 60.5 Å². The molecular formula is C21H33N3O2. The zero-order valence-corrected chi connectivity index (χ0v) is 17.1. The van der Waals surface area contributed by atoms with Crippen molar-refractivity contribution in [3.8, 4) is 0 Å². The Kier molecular flexibility index (Phi) is 7.42. The van der Waals surface area contributed by atoms with Crippen LogP contribution in [-0.4, -0.2) is 22.2 Å². The number of nitrogens with one attached hydrogen (secondary N) is 1. The number of hydrogen-bond acceptors (Lipinski definition) is 4. The number of aryl methyl sites for hydroxylation is 1. The van der Waals surface area contributed by atoms with E-state index in [-0.39, 0.29) is 0 Å². The van der Waals surface area contributed by atoms with Crippen LogP contribution in [0.5, 0.6) is 0 Å². The lowest BCUT2D eigenvalue weighted by atomic mass is 9.93. The summed E-state index contributed by atoms with van der Waals surface area (Å²) in [6, 6.07) is 7.95. The number of aromatic nitrogens is 1. The summed E-state index contributed by atoms with van der Waals surface area (Å²) in [6.45, 7) is 13.5. The number of carbonyl (C=O) groups is 1. The van der Waals surface area contributed by atoms with E-state index in [4.69, 9.17) is 10.5 Å². The van der Waals surface area contributed by atoms with Crippen molar-refractivity contribution in [1.82, 2.24) is 10.3 Å². The van der Waals surface area contributed by atoms with Gasteiger partial charge in [-0.2, -0.15) is 0 Å². The van der Waals surface area contributed by atoms with Crippen molar-refractivity contribution in [2.24, 2.45) is 0 Å². The fourth-order valence-electron chi connectivity index (χ4n) is 2.57. The zero-order chi connectivity index (χ0) is 20.0. The first kappa shape index (κ1) is 21.7. The van der Waals surface area contributed by atoms with Crippen molar-refractivity contribution < 1.29 is 9.53 Å². The Morgan fingerprint density at radius 2 is 1.77 bits per heavy atom. The van der Waals surface area contributed by atoms with Crippen LogP contribution in [0.15, 0.2) is 30.5 Å². The second-order valence-electron chi connectivity index (χ2n) is 7.72. The van der Waals surface area contributed by atoms with Gasteiger partial charge in [0.05, 0.1) is 17.4 Å². The monoisotopic (exact) mass is 359 g/mol. The molecule has 144 valence electrons. The Balaban J connectivity index is 0.00000163. The maximum atomic E-state index is 12.0. The minimum absolute atomic E-state index is 0.403. The van der Waals surface area contributed by atoms with Crippen LogP contribution in [0, 0.1) is 0 Å². The number of alkyl carbamates (subject to hydrolysis) is 1. The van der Waals surface area contributed by atoms with Gasteiger partial charge in [0.25, 0.3) is 0 Å². The molecule has 0 aliphatic carbocycles. The molecule has 0 saturated carbocycles. The van der Waals surface area contributed by atoms with E-state index in [0.717, 1.165) is 29.3 Å². The smallest absolute Gasteiger partial charge is 0.408 e. The Morgan fingerprint density at radius 3 is 2.38 bits per heavy atom. The third-order valence-corrected chi connectivity index (χ3v) is 3.76.